The smallest absolute Gasteiger partial charge is 0.408 e. The lowest BCUT2D eigenvalue weighted by molar-refractivity contribution is -0.149. The first-order valence-electron chi connectivity index (χ1n) is 18.5. The average molecular weight is 810 g/mol. The molecular weight excluding hydrogens is 758 g/mol. The van der Waals surface area contributed by atoms with Gasteiger partial charge in [0.2, 0.25) is 5.91 Å². The summed E-state index contributed by atoms with van der Waals surface area (Å²) < 4.78 is 20.8. The topological polar surface area (TPSA) is 248 Å². The Morgan fingerprint density at radius 2 is 1.52 bits per heavy atom. The molecule has 0 aliphatic heterocycles. The standard InChI is InChI=1S/C41H51N3O14/c1-41(2,3)58-40(54)43-29(35(47)42-20-6-7-21-57-32-13-9-12-31(46)34(32)39(53)56-5)22-26-14-17-28(18-15-26)44(36(48)38(51)52)24-27(37(49)50)11-8-10-25-16-19-30(45)33(23-25)55-4/h9,12-19,23,27,29,45-46H,6-8,10-11,20-22,24H2,1-5H3,(H,42,47)(H,43,54)(H,49,50)(H,51,52)/t27?,29-/m0/s1. The average Bonchev–Trinajstić information content (AvgIpc) is 3.16. The summed E-state index contributed by atoms with van der Waals surface area (Å²) in [7, 11) is 2.59. The minimum atomic E-state index is -1.78. The Labute approximate surface area is 335 Å². The predicted octanol–water partition coefficient (Wildman–Crippen LogP) is 4.45. The van der Waals surface area contributed by atoms with Crippen LogP contribution >= 0.6 is 0 Å². The first kappa shape index (κ1) is 45.9. The number of carboxylic acids is 2. The van der Waals surface area contributed by atoms with Crippen molar-refractivity contribution < 1.29 is 68.1 Å². The molecule has 0 saturated heterocycles. The molecule has 17 nitrogen and oxygen atoms in total. The number of phenols is 2. The number of anilines is 1. The van der Waals surface area contributed by atoms with E-state index in [1.807, 2.05) is 0 Å². The van der Waals surface area contributed by atoms with Crippen molar-refractivity contribution in [2.75, 3.05) is 38.8 Å². The van der Waals surface area contributed by atoms with E-state index < -0.39 is 59.9 Å². The van der Waals surface area contributed by atoms with E-state index in [0.717, 1.165) is 10.5 Å². The van der Waals surface area contributed by atoms with Gasteiger partial charge in [-0.25, -0.2) is 14.4 Å². The molecule has 0 saturated carbocycles. The highest BCUT2D eigenvalue weighted by atomic mass is 16.6. The maximum atomic E-state index is 13.4. The minimum Gasteiger partial charge on any atom is -0.507 e. The molecule has 2 atom stereocenters. The number of esters is 1. The van der Waals surface area contributed by atoms with Crippen molar-refractivity contribution in [1.82, 2.24) is 10.6 Å². The van der Waals surface area contributed by atoms with E-state index >= 15 is 0 Å². The van der Waals surface area contributed by atoms with Gasteiger partial charge in [-0.15, -0.1) is 0 Å². The largest absolute Gasteiger partial charge is 0.507 e. The van der Waals surface area contributed by atoms with Crippen LogP contribution in [0.5, 0.6) is 23.0 Å². The molecule has 0 bridgehead atoms. The highest BCUT2D eigenvalue weighted by Crippen LogP contribution is 2.29. The fraction of sp³-hybridized carbons (Fsp3) is 0.415. The lowest BCUT2D eigenvalue weighted by Gasteiger charge is -2.25. The number of alkyl carbamates (subject to hydrolysis) is 1. The van der Waals surface area contributed by atoms with Crippen molar-refractivity contribution in [3.63, 3.8) is 0 Å². The molecule has 0 aromatic heterocycles. The number of carboxylic acid groups (broad SMARTS) is 2. The number of aromatic hydroxyl groups is 2. The molecule has 3 aromatic carbocycles. The molecule has 6 N–H and O–H groups in total. The molecular formula is C41H51N3O14. The summed E-state index contributed by atoms with van der Waals surface area (Å²) in [5, 5.41) is 44.8. The normalized spacial score (nSPS) is 12.0. The quantitative estimate of drug-likeness (QED) is 0.0525. The van der Waals surface area contributed by atoms with Gasteiger partial charge in [-0.3, -0.25) is 14.4 Å². The first-order valence-corrected chi connectivity index (χ1v) is 18.5. The molecule has 58 heavy (non-hydrogen) atoms. The van der Waals surface area contributed by atoms with Crippen LogP contribution in [0, 0.1) is 5.92 Å². The molecule has 0 heterocycles. The van der Waals surface area contributed by atoms with E-state index in [-0.39, 0.29) is 60.2 Å². The summed E-state index contributed by atoms with van der Waals surface area (Å²) >= 11 is 0. The van der Waals surface area contributed by atoms with Crippen molar-refractivity contribution >= 4 is 41.5 Å². The van der Waals surface area contributed by atoms with Crippen LogP contribution in [-0.4, -0.2) is 102 Å². The Kier molecular flexibility index (Phi) is 17.2. The number of carbonyl (C=O) groups is 6. The SMILES string of the molecule is COC(=O)c1c(O)cccc1OCCCCNC(=O)[C@H](Cc1ccc(N(CC(CCCc2ccc(O)c(OC)c2)C(=O)O)C(=O)C(=O)O)cc1)NC(=O)OC(C)(C)C. The van der Waals surface area contributed by atoms with Gasteiger partial charge in [0, 0.05) is 25.2 Å². The molecule has 17 heteroatoms. The number of aliphatic carboxylic acids is 2. The van der Waals surface area contributed by atoms with Crippen molar-refractivity contribution in [2.24, 2.45) is 5.92 Å². The molecule has 0 fully saturated rings. The van der Waals surface area contributed by atoms with Crippen LogP contribution in [0.4, 0.5) is 10.5 Å². The Balaban J connectivity index is 1.68. The second-order valence-electron chi connectivity index (χ2n) is 14.2. The molecule has 3 aromatic rings. The third-order valence-corrected chi connectivity index (χ3v) is 8.66. The van der Waals surface area contributed by atoms with Crippen LogP contribution in [0.1, 0.15) is 67.9 Å². The zero-order valence-electron chi connectivity index (χ0n) is 33.1. The second-order valence-corrected chi connectivity index (χ2v) is 14.2. The fourth-order valence-electron chi connectivity index (χ4n) is 5.76. The molecule has 0 aliphatic carbocycles. The fourth-order valence-corrected chi connectivity index (χ4v) is 5.76. The van der Waals surface area contributed by atoms with Gasteiger partial charge in [0.1, 0.15) is 28.7 Å². The van der Waals surface area contributed by atoms with Crippen molar-refractivity contribution in [3.05, 3.63) is 77.4 Å². The summed E-state index contributed by atoms with van der Waals surface area (Å²) in [6, 6.07) is 13.9. The molecule has 314 valence electrons. The summed E-state index contributed by atoms with van der Waals surface area (Å²) in [6.45, 7) is 4.91. The monoisotopic (exact) mass is 809 g/mol. The Morgan fingerprint density at radius 3 is 2.14 bits per heavy atom. The van der Waals surface area contributed by atoms with Crippen LogP contribution in [0.25, 0.3) is 0 Å². The summed E-state index contributed by atoms with van der Waals surface area (Å²) in [5.41, 5.74) is 0.450. The van der Waals surface area contributed by atoms with Gasteiger partial charge in [-0.1, -0.05) is 24.3 Å². The molecule has 1 unspecified atom stereocenters. The summed E-state index contributed by atoms with van der Waals surface area (Å²) in [4.78, 5) is 75.9. The van der Waals surface area contributed by atoms with Gasteiger partial charge in [0.05, 0.1) is 26.7 Å². The van der Waals surface area contributed by atoms with Gasteiger partial charge in [-0.2, -0.15) is 0 Å². The van der Waals surface area contributed by atoms with Crippen molar-refractivity contribution in [1.29, 1.82) is 0 Å². The zero-order chi connectivity index (χ0) is 43.0. The Morgan fingerprint density at radius 1 is 0.828 bits per heavy atom. The van der Waals surface area contributed by atoms with Crippen LogP contribution in [0.15, 0.2) is 60.7 Å². The van der Waals surface area contributed by atoms with Crippen LogP contribution in [-0.2, 0) is 41.5 Å². The van der Waals surface area contributed by atoms with Crippen molar-refractivity contribution in [2.45, 2.75) is 70.9 Å². The van der Waals surface area contributed by atoms with Gasteiger partial charge in [-0.05, 0) is 100 Å². The summed E-state index contributed by atoms with van der Waals surface area (Å²) in [6.07, 6.45) is 0.933. The number of nitrogens with one attached hydrogen (secondary N) is 2. The van der Waals surface area contributed by atoms with Crippen LogP contribution in [0.2, 0.25) is 0 Å². The summed E-state index contributed by atoms with van der Waals surface area (Å²) in [5.74, 6) is -6.66. The van der Waals surface area contributed by atoms with E-state index in [4.69, 9.17) is 18.9 Å². The number of unbranched alkanes of at least 4 members (excludes halogenated alkanes) is 1. The predicted molar refractivity (Wildman–Crippen MR) is 209 cm³/mol. The molecule has 0 radical (unpaired) electrons. The first-order chi connectivity index (χ1) is 27.4. The number of hydrogen-bond donors (Lipinski definition) is 6. The lowest BCUT2D eigenvalue weighted by Crippen LogP contribution is -2.49. The molecule has 0 spiro atoms. The number of aryl methyl sites for hydroxylation is 1. The third kappa shape index (κ3) is 14.2. The van der Waals surface area contributed by atoms with Gasteiger partial charge in [0.15, 0.2) is 11.5 Å². The molecule has 0 aliphatic rings. The number of rotatable bonds is 20. The van der Waals surface area contributed by atoms with Gasteiger partial charge < -0.3 is 54.9 Å². The van der Waals surface area contributed by atoms with Gasteiger partial charge >= 0.3 is 29.9 Å². The Hall–Kier alpha value is -6.52. The van der Waals surface area contributed by atoms with E-state index in [0.29, 0.717) is 31.2 Å². The Bertz CT molecular complexity index is 1910. The molecule has 3 amide bonds. The van der Waals surface area contributed by atoms with Crippen LogP contribution < -0.4 is 25.0 Å². The highest BCUT2D eigenvalue weighted by Gasteiger charge is 2.30. The number of amides is 3. The van der Waals surface area contributed by atoms with E-state index in [2.05, 4.69) is 10.6 Å². The second kappa shape index (κ2) is 21.7. The van der Waals surface area contributed by atoms with E-state index in [9.17, 15) is 49.2 Å². The number of hydrogen-bond acceptors (Lipinski definition) is 12. The number of carbonyl (C=O) groups excluding carboxylic acids is 4. The van der Waals surface area contributed by atoms with E-state index in [1.165, 1.54) is 62.8 Å². The van der Waals surface area contributed by atoms with Crippen LogP contribution in [0.3, 0.4) is 0 Å². The number of methoxy groups -OCH3 is 2. The maximum Gasteiger partial charge on any atom is 0.408 e. The minimum absolute atomic E-state index is 0.0328. The number of nitrogens with zero attached hydrogens (tertiary/aromatic N) is 1. The number of ether oxygens (including phenoxy) is 4. The lowest BCUT2D eigenvalue weighted by atomic mass is 9.98. The van der Waals surface area contributed by atoms with E-state index in [1.54, 1.807) is 32.9 Å². The zero-order valence-corrected chi connectivity index (χ0v) is 33.1. The van der Waals surface area contributed by atoms with Gasteiger partial charge in [0.25, 0.3) is 0 Å². The molecule has 3 rings (SSSR count). The number of phenolic OH excluding ortho intramolecular Hbond substituents is 2. The maximum absolute atomic E-state index is 13.4. The highest BCUT2D eigenvalue weighted by molar-refractivity contribution is 6.37. The number of benzene rings is 3. The van der Waals surface area contributed by atoms with Crippen molar-refractivity contribution in [3.8, 4) is 23.0 Å². The third-order valence-electron chi connectivity index (χ3n) is 8.66.